The number of ketones is 1. The Morgan fingerprint density at radius 2 is 2.00 bits per heavy atom. The Kier molecular flexibility index (Phi) is 16.3. The maximum absolute atomic E-state index is 14.9. The lowest BCUT2D eigenvalue weighted by atomic mass is 9.89. The Hall–Kier alpha value is -5.19. The zero-order chi connectivity index (χ0) is 39.9. The van der Waals surface area contributed by atoms with E-state index in [-0.39, 0.29) is 74.6 Å². The number of aliphatic hydroxyl groups is 1. The van der Waals surface area contributed by atoms with Crippen molar-refractivity contribution in [1.82, 2.24) is 30.5 Å². The minimum Gasteiger partial charge on any atom is -0.460 e. The number of nitrogens with one attached hydrogen (secondary N) is 2. The SMILES string of the molecule is CC1=C\[C@@H](O)C[C@@H](F)Cc2nc(co2)C(=O)N2CCC[C@@H]2C(=O)O[C@H](C(C)C)[C@H](CC(=O)NCCN(N)/C=C(\N)c2ccncc2)/C=C/C(=O)CNC\C=C\1. The molecule has 4 rings (SSSR count). The van der Waals surface area contributed by atoms with Gasteiger partial charge in [0.15, 0.2) is 17.4 Å². The van der Waals surface area contributed by atoms with Crippen molar-refractivity contribution in [2.45, 2.75) is 77.3 Å². The van der Waals surface area contributed by atoms with Crippen LogP contribution in [0, 0.1) is 11.8 Å². The Bertz CT molecular complexity index is 1730. The summed E-state index contributed by atoms with van der Waals surface area (Å²) in [6.45, 7) is 6.46. The highest BCUT2D eigenvalue weighted by Gasteiger charge is 2.39. The predicted molar refractivity (Wildman–Crippen MR) is 203 cm³/mol. The van der Waals surface area contributed by atoms with Crippen LogP contribution in [0.3, 0.4) is 0 Å². The fourth-order valence-corrected chi connectivity index (χ4v) is 6.38. The van der Waals surface area contributed by atoms with E-state index in [9.17, 15) is 28.7 Å². The van der Waals surface area contributed by atoms with Crippen LogP contribution in [0.2, 0.25) is 0 Å². The number of nitrogens with zero attached hydrogens (tertiary/aromatic N) is 4. The lowest BCUT2D eigenvalue weighted by Gasteiger charge is -2.31. The number of carbonyl (C=O) groups excluding carboxylic acids is 4. The molecule has 0 radical (unpaired) electrons. The van der Waals surface area contributed by atoms with Crippen LogP contribution < -0.4 is 22.2 Å². The van der Waals surface area contributed by atoms with Crippen LogP contribution >= 0.6 is 0 Å². The summed E-state index contributed by atoms with van der Waals surface area (Å²) < 4.78 is 26.4. The number of fused-ring (bicyclic) bond motifs is 3. The second-order valence-corrected chi connectivity index (χ2v) is 14.1. The van der Waals surface area contributed by atoms with Gasteiger partial charge in [0.25, 0.3) is 5.91 Å². The Morgan fingerprint density at radius 1 is 1.24 bits per heavy atom. The molecule has 15 nitrogen and oxygen atoms in total. The largest absolute Gasteiger partial charge is 0.460 e. The maximum atomic E-state index is 14.9. The van der Waals surface area contributed by atoms with Gasteiger partial charge in [0, 0.05) is 62.6 Å². The van der Waals surface area contributed by atoms with E-state index in [2.05, 4.69) is 20.6 Å². The summed E-state index contributed by atoms with van der Waals surface area (Å²) in [6.07, 6.45) is 10.8. The lowest BCUT2D eigenvalue weighted by Crippen LogP contribution is -2.45. The molecule has 298 valence electrons. The van der Waals surface area contributed by atoms with Crippen molar-refractivity contribution in [2.75, 3.05) is 32.7 Å². The van der Waals surface area contributed by atoms with Gasteiger partial charge < -0.3 is 40.5 Å². The molecule has 16 heteroatoms. The summed E-state index contributed by atoms with van der Waals surface area (Å²) in [4.78, 5) is 63.0. The minimum atomic E-state index is -1.50. The smallest absolute Gasteiger partial charge is 0.329 e. The van der Waals surface area contributed by atoms with E-state index < -0.39 is 42.2 Å². The van der Waals surface area contributed by atoms with Crippen molar-refractivity contribution >= 4 is 29.3 Å². The third-order valence-electron chi connectivity index (χ3n) is 9.14. The molecule has 5 atom stereocenters. The molecule has 55 heavy (non-hydrogen) atoms. The van der Waals surface area contributed by atoms with Crippen LogP contribution in [0.25, 0.3) is 5.70 Å². The third kappa shape index (κ3) is 13.6. The molecule has 4 heterocycles. The van der Waals surface area contributed by atoms with Gasteiger partial charge >= 0.3 is 5.97 Å². The summed E-state index contributed by atoms with van der Waals surface area (Å²) in [6, 6.07) is 2.56. The van der Waals surface area contributed by atoms with Gasteiger partial charge in [-0.15, -0.1) is 0 Å². The molecule has 0 aliphatic carbocycles. The van der Waals surface area contributed by atoms with Gasteiger partial charge in [-0.1, -0.05) is 43.7 Å². The number of hydrazine groups is 1. The average Bonchev–Trinajstić information content (AvgIpc) is 3.82. The van der Waals surface area contributed by atoms with E-state index in [4.69, 9.17) is 20.7 Å². The highest BCUT2D eigenvalue weighted by Crippen LogP contribution is 2.27. The number of pyridine rings is 1. The molecule has 2 aromatic rings. The zero-order valence-electron chi connectivity index (χ0n) is 31.6. The number of aromatic nitrogens is 2. The van der Waals surface area contributed by atoms with Crippen molar-refractivity contribution < 1.29 is 37.8 Å². The van der Waals surface area contributed by atoms with E-state index >= 15 is 0 Å². The van der Waals surface area contributed by atoms with E-state index in [0.717, 1.165) is 11.8 Å². The topological polar surface area (TPSA) is 219 Å². The second kappa shape index (κ2) is 21.0. The molecule has 1 fully saturated rings. The molecule has 2 aliphatic heterocycles. The number of halogens is 1. The Morgan fingerprint density at radius 3 is 2.75 bits per heavy atom. The van der Waals surface area contributed by atoms with Crippen molar-refractivity contribution in [1.29, 1.82) is 0 Å². The van der Waals surface area contributed by atoms with E-state index in [1.54, 1.807) is 55.9 Å². The van der Waals surface area contributed by atoms with Gasteiger partial charge in [0.1, 0.15) is 24.6 Å². The van der Waals surface area contributed by atoms with Crippen LogP contribution in [0.15, 0.2) is 77.4 Å². The van der Waals surface area contributed by atoms with Gasteiger partial charge in [-0.05, 0) is 43.9 Å². The van der Waals surface area contributed by atoms with Crippen molar-refractivity contribution in [3.8, 4) is 0 Å². The Balaban J connectivity index is 1.52. The van der Waals surface area contributed by atoms with Gasteiger partial charge in [0.05, 0.1) is 31.3 Å². The van der Waals surface area contributed by atoms with Crippen LogP contribution in [0.5, 0.6) is 0 Å². The first-order valence-corrected chi connectivity index (χ1v) is 18.5. The summed E-state index contributed by atoms with van der Waals surface area (Å²) in [7, 11) is 0. The molecular formula is C39H53FN8O7. The molecule has 2 bridgehead atoms. The molecule has 2 amide bonds. The zero-order valence-corrected chi connectivity index (χ0v) is 31.6. The molecule has 7 N–H and O–H groups in total. The minimum absolute atomic E-state index is 0.00505. The van der Waals surface area contributed by atoms with E-state index in [1.165, 1.54) is 22.1 Å². The fraction of sp³-hybridized carbons (Fsp3) is 0.487. The van der Waals surface area contributed by atoms with Crippen LogP contribution in [0.1, 0.15) is 68.4 Å². The number of aliphatic hydroxyl groups excluding tert-OH is 1. The lowest BCUT2D eigenvalue weighted by molar-refractivity contribution is -0.159. The molecule has 0 saturated carbocycles. The number of allylic oxidation sites excluding steroid dienone is 2. The van der Waals surface area contributed by atoms with Gasteiger partial charge in [-0.3, -0.25) is 19.4 Å². The quantitative estimate of drug-likeness (QED) is 0.148. The second-order valence-electron chi connectivity index (χ2n) is 14.1. The number of hydrogen-bond acceptors (Lipinski definition) is 13. The summed E-state index contributed by atoms with van der Waals surface area (Å²) in [5.41, 5.74) is 7.92. The molecule has 1 saturated heterocycles. The van der Waals surface area contributed by atoms with Gasteiger partial charge in [0.2, 0.25) is 5.91 Å². The first kappa shape index (κ1) is 42.6. The number of nitrogens with two attached hydrogens (primary N) is 2. The third-order valence-corrected chi connectivity index (χ3v) is 9.14. The monoisotopic (exact) mass is 764 g/mol. The number of esters is 1. The normalized spacial score (nSPS) is 26.0. The molecular weight excluding hydrogens is 711 g/mol. The first-order chi connectivity index (χ1) is 26.3. The molecule has 2 aliphatic rings. The number of alkyl halides is 1. The number of hydrogen-bond donors (Lipinski definition) is 5. The molecule has 2 aromatic heterocycles. The molecule has 0 unspecified atom stereocenters. The molecule has 0 aromatic carbocycles. The van der Waals surface area contributed by atoms with Crippen LogP contribution in [0.4, 0.5) is 4.39 Å². The standard InChI is InChI=1S/C39H53FN8O7/c1-25(2)37-28(19-35(51)45-15-17-47(42)23-32(41)27-10-13-43-14-11-27)8-9-30(49)22-44-12-4-6-26(3)18-31(50)20-29(40)21-36-46-33(24-54-36)38(52)48-16-5-7-34(48)39(53)55-37/h4,6,8-11,13-14,18,23-25,28-29,31,34,37,44,50H,5,7,12,15-17,19-22,41-42H2,1-3H3,(H,45,51)/b6-4+,9-8+,26-18+,32-23-/t28-,29+,31+,34+,37+/m0/s1. The molecule has 0 spiro atoms. The Labute approximate surface area is 320 Å². The highest BCUT2D eigenvalue weighted by molar-refractivity contribution is 5.95. The summed E-state index contributed by atoms with van der Waals surface area (Å²) >= 11 is 0. The van der Waals surface area contributed by atoms with Gasteiger partial charge in [-0.25, -0.2) is 20.0 Å². The van der Waals surface area contributed by atoms with Crippen molar-refractivity contribution in [3.63, 3.8) is 0 Å². The van der Waals surface area contributed by atoms with Crippen molar-refractivity contribution in [3.05, 3.63) is 90.1 Å². The summed E-state index contributed by atoms with van der Waals surface area (Å²) in [5.74, 6) is 3.26. The summed E-state index contributed by atoms with van der Waals surface area (Å²) in [5, 5.41) is 17.6. The average molecular weight is 765 g/mol. The van der Waals surface area contributed by atoms with Crippen LogP contribution in [-0.2, 0) is 25.5 Å². The fourth-order valence-electron chi connectivity index (χ4n) is 6.38. The number of oxazole rings is 1. The maximum Gasteiger partial charge on any atom is 0.329 e. The predicted octanol–water partition coefficient (Wildman–Crippen LogP) is 2.36. The number of carbonyl (C=O) groups is 4. The van der Waals surface area contributed by atoms with E-state index in [0.29, 0.717) is 30.7 Å². The first-order valence-electron chi connectivity index (χ1n) is 18.5. The number of ether oxygens (including phenoxy) is 1. The number of cyclic esters (lactones) is 1. The van der Waals surface area contributed by atoms with Crippen LogP contribution in [-0.4, -0.2) is 106 Å². The van der Waals surface area contributed by atoms with Gasteiger partial charge in [-0.2, -0.15) is 0 Å². The number of amides is 2. The van der Waals surface area contributed by atoms with E-state index in [1.807, 2.05) is 13.8 Å². The van der Waals surface area contributed by atoms with Crippen molar-refractivity contribution in [2.24, 2.45) is 23.4 Å². The number of rotatable bonds is 8. The highest BCUT2D eigenvalue weighted by atomic mass is 19.1.